The monoisotopic (exact) mass is 211 g/mol. The van der Waals surface area contributed by atoms with Gasteiger partial charge in [-0.05, 0) is 6.92 Å². The van der Waals surface area contributed by atoms with Crippen molar-refractivity contribution < 1.29 is 14.1 Å². The molecule has 0 N–H and O–H groups in total. The number of imide groups is 1. The first-order chi connectivity index (χ1) is 6.93. The summed E-state index contributed by atoms with van der Waals surface area (Å²) in [5.74, 6) is 0.0506. The van der Waals surface area contributed by atoms with Gasteiger partial charge in [-0.2, -0.15) is 0 Å². The Morgan fingerprint density at radius 2 is 1.93 bits per heavy atom. The van der Waals surface area contributed by atoms with Crippen molar-refractivity contribution in [3.05, 3.63) is 17.5 Å². The summed E-state index contributed by atoms with van der Waals surface area (Å²) in [6.45, 7) is 1.68. The average molecular weight is 211 g/mol. The molecule has 0 aliphatic rings. The molecule has 0 spiro atoms. The SMILES string of the molecule is Cc1cc(C(=O)N(C)C(=O)N(C)C)no1. The fourth-order valence-electron chi connectivity index (χ4n) is 1.03. The van der Waals surface area contributed by atoms with E-state index in [2.05, 4.69) is 5.16 Å². The van der Waals surface area contributed by atoms with Gasteiger partial charge in [0.2, 0.25) is 0 Å². The van der Waals surface area contributed by atoms with Crippen LogP contribution in [0.2, 0.25) is 0 Å². The van der Waals surface area contributed by atoms with Crippen molar-refractivity contribution in [3.63, 3.8) is 0 Å². The third-order valence-corrected chi connectivity index (χ3v) is 1.82. The van der Waals surface area contributed by atoms with Gasteiger partial charge in [-0.1, -0.05) is 5.16 Å². The van der Waals surface area contributed by atoms with Crippen LogP contribution >= 0.6 is 0 Å². The number of nitrogens with zero attached hydrogens (tertiary/aromatic N) is 3. The van der Waals surface area contributed by atoms with Gasteiger partial charge in [-0.25, -0.2) is 4.79 Å². The lowest BCUT2D eigenvalue weighted by Crippen LogP contribution is -2.40. The first-order valence-electron chi connectivity index (χ1n) is 4.36. The van der Waals surface area contributed by atoms with Crippen LogP contribution in [0.4, 0.5) is 4.79 Å². The van der Waals surface area contributed by atoms with Crippen LogP contribution in [-0.4, -0.2) is 48.0 Å². The Morgan fingerprint density at radius 1 is 1.33 bits per heavy atom. The second-order valence-corrected chi connectivity index (χ2v) is 3.36. The average Bonchev–Trinajstić information content (AvgIpc) is 2.61. The number of carbonyl (C=O) groups excluding carboxylic acids is 2. The summed E-state index contributed by atoms with van der Waals surface area (Å²) in [6.07, 6.45) is 0. The van der Waals surface area contributed by atoms with Crippen molar-refractivity contribution in [2.45, 2.75) is 6.92 Å². The van der Waals surface area contributed by atoms with Gasteiger partial charge in [0.1, 0.15) is 5.76 Å². The van der Waals surface area contributed by atoms with E-state index < -0.39 is 11.9 Å². The lowest BCUT2D eigenvalue weighted by Gasteiger charge is -2.18. The van der Waals surface area contributed by atoms with Crippen LogP contribution in [0.25, 0.3) is 0 Å². The fraction of sp³-hybridized carbons (Fsp3) is 0.444. The van der Waals surface area contributed by atoms with E-state index in [-0.39, 0.29) is 5.69 Å². The van der Waals surface area contributed by atoms with Crippen molar-refractivity contribution in [2.24, 2.45) is 0 Å². The Labute approximate surface area is 87.4 Å². The molecule has 6 heteroatoms. The quantitative estimate of drug-likeness (QED) is 0.687. The Balaban J connectivity index is 2.82. The molecule has 1 rings (SSSR count). The molecule has 0 unspecified atom stereocenters. The molecule has 1 aromatic heterocycles. The molecular weight excluding hydrogens is 198 g/mol. The van der Waals surface area contributed by atoms with Crippen LogP contribution in [0, 0.1) is 6.92 Å². The number of amides is 3. The zero-order chi connectivity index (χ0) is 11.6. The van der Waals surface area contributed by atoms with Crippen LogP contribution < -0.4 is 0 Å². The highest BCUT2D eigenvalue weighted by molar-refractivity contribution is 6.02. The molecule has 6 nitrogen and oxygen atoms in total. The maximum atomic E-state index is 11.7. The lowest BCUT2D eigenvalue weighted by molar-refractivity contribution is 0.0800. The molecule has 1 heterocycles. The van der Waals surface area contributed by atoms with E-state index in [4.69, 9.17) is 4.52 Å². The number of hydrogen-bond donors (Lipinski definition) is 0. The fourth-order valence-corrected chi connectivity index (χ4v) is 1.03. The number of carbonyl (C=O) groups is 2. The van der Waals surface area contributed by atoms with Gasteiger partial charge in [-0.15, -0.1) is 0 Å². The zero-order valence-electron chi connectivity index (χ0n) is 9.14. The summed E-state index contributed by atoms with van der Waals surface area (Å²) in [6, 6.07) is 1.09. The minimum absolute atomic E-state index is 0.130. The van der Waals surface area contributed by atoms with Crippen LogP contribution in [0.15, 0.2) is 10.6 Å². The van der Waals surface area contributed by atoms with Gasteiger partial charge in [-0.3, -0.25) is 9.69 Å². The van der Waals surface area contributed by atoms with E-state index in [1.54, 1.807) is 21.0 Å². The van der Waals surface area contributed by atoms with Gasteiger partial charge in [0.05, 0.1) is 0 Å². The van der Waals surface area contributed by atoms with E-state index in [0.29, 0.717) is 5.76 Å². The Kier molecular flexibility index (Phi) is 3.08. The molecule has 0 fully saturated rings. The lowest BCUT2D eigenvalue weighted by atomic mass is 10.3. The Bertz CT molecular complexity index is 384. The van der Waals surface area contributed by atoms with E-state index in [1.807, 2.05) is 0 Å². The first-order valence-corrected chi connectivity index (χ1v) is 4.36. The molecule has 3 amide bonds. The highest BCUT2D eigenvalue weighted by Crippen LogP contribution is 2.05. The normalized spacial score (nSPS) is 9.87. The van der Waals surface area contributed by atoms with Gasteiger partial charge in [0.25, 0.3) is 5.91 Å². The topological polar surface area (TPSA) is 66.7 Å². The van der Waals surface area contributed by atoms with Crippen molar-refractivity contribution in [3.8, 4) is 0 Å². The van der Waals surface area contributed by atoms with Gasteiger partial charge in [0.15, 0.2) is 5.69 Å². The predicted octanol–water partition coefficient (Wildman–Crippen LogP) is 0.737. The minimum atomic E-state index is -0.481. The summed E-state index contributed by atoms with van der Waals surface area (Å²) in [4.78, 5) is 25.4. The molecule has 0 saturated carbocycles. The molecule has 0 radical (unpaired) electrons. The first kappa shape index (κ1) is 11.2. The molecule has 0 aliphatic carbocycles. The molecule has 0 aliphatic heterocycles. The maximum Gasteiger partial charge on any atom is 0.326 e. The summed E-state index contributed by atoms with van der Waals surface area (Å²) < 4.78 is 4.75. The smallest absolute Gasteiger partial charge is 0.326 e. The summed E-state index contributed by atoms with van der Waals surface area (Å²) in [5, 5.41) is 3.54. The molecule has 0 bridgehead atoms. The third kappa shape index (κ3) is 2.34. The van der Waals surface area contributed by atoms with E-state index in [1.165, 1.54) is 18.0 Å². The molecule has 0 aromatic carbocycles. The minimum Gasteiger partial charge on any atom is -0.361 e. The van der Waals surface area contributed by atoms with E-state index in [0.717, 1.165) is 4.90 Å². The Morgan fingerprint density at radius 3 is 2.33 bits per heavy atom. The zero-order valence-corrected chi connectivity index (χ0v) is 9.14. The molecule has 0 saturated heterocycles. The number of aryl methyl sites for hydroxylation is 1. The van der Waals surface area contributed by atoms with Crippen molar-refractivity contribution in [1.82, 2.24) is 15.0 Å². The van der Waals surface area contributed by atoms with Crippen LogP contribution in [0.3, 0.4) is 0 Å². The summed E-state index contributed by atoms with van der Waals surface area (Å²) >= 11 is 0. The highest BCUT2D eigenvalue weighted by Gasteiger charge is 2.22. The maximum absolute atomic E-state index is 11.7. The highest BCUT2D eigenvalue weighted by atomic mass is 16.5. The predicted molar refractivity (Wildman–Crippen MR) is 52.4 cm³/mol. The van der Waals surface area contributed by atoms with Crippen molar-refractivity contribution in [2.75, 3.05) is 21.1 Å². The van der Waals surface area contributed by atoms with Crippen molar-refractivity contribution >= 4 is 11.9 Å². The van der Waals surface area contributed by atoms with Crippen LogP contribution in [-0.2, 0) is 0 Å². The molecule has 0 atom stereocenters. The molecule has 1 aromatic rings. The van der Waals surface area contributed by atoms with Crippen LogP contribution in [0.5, 0.6) is 0 Å². The number of rotatable bonds is 1. The largest absolute Gasteiger partial charge is 0.361 e. The summed E-state index contributed by atoms with van der Waals surface area (Å²) in [7, 11) is 4.54. The number of hydrogen-bond acceptors (Lipinski definition) is 4. The van der Waals surface area contributed by atoms with Gasteiger partial charge in [0, 0.05) is 27.2 Å². The van der Waals surface area contributed by atoms with E-state index in [9.17, 15) is 9.59 Å². The standard InChI is InChI=1S/C9H13N3O3/c1-6-5-7(10-15-6)8(13)12(4)9(14)11(2)3/h5H,1-4H3. The van der Waals surface area contributed by atoms with Gasteiger partial charge < -0.3 is 9.42 Å². The molecule has 82 valence electrons. The van der Waals surface area contributed by atoms with Crippen LogP contribution in [0.1, 0.15) is 16.2 Å². The summed E-state index contributed by atoms with van der Waals surface area (Å²) in [5.41, 5.74) is 0.130. The van der Waals surface area contributed by atoms with E-state index >= 15 is 0 Å². The van der Waals surface area contributed by atoms with Gasteiger partial charge >= 0.3 is 6.03 Å². The molecule has 15 heavy (non-hydrogen) atoms. The number of urea groups is 1. The second-order valence-electron chi connectivity index (χ2n) is 3.36. The molecular formula is C9H13N3O3. The third-order valence-electron chi connectivity index (χ3n) is 1.82. The second kappa shape index (κ2) is 4.12. The Hall–Kier alpha value is -1.85. The van der Waals surface area contributed by atoms with Crippen molar-refractivity contribution in [1.29, 1.82) is 0 Å². The number of aromatic nitrogens is 1.